The lowest BCUT2D eigenvalue weighted by Crippen LogP contribution is -2.40. The fourth-order valence-electron chi connectivity index (χ4n) is 1.08. The molecule has 0 radical (unpaired) electrons. The Morgan fingerprint density at radius 2 is 2.26 bits per heavy atom. The summed E-state index contributed by atoms with van der Waals surface area (Å²) in [5.74, 6) is 0.226. The average molecular weight is 264 g/mol. The Labute approximate surface area is 110 Å². The molecule has 102 valence electrons. The number of urea groups is 1. The number of amides is 3. The van der Waals surface area contributed by atoms with E-state index >= 15 is 0 Å². The molecule has 1 aromatic rings. The van der Waals surface area contributed by atoms with Crippen molar-refractivity contribution in [1.82, 2.24) is 16.1 Å². The van der Waals surface area contributed by atoms with E-state index in [1.165, 1.54) is 12.5 Å². The molecule has 3 amide bonds. The molecule has 3 N–H and O–H groups in total. The van der Waals surface area contributed by atoms with Gasteiger partial charge in [-0.2, -0.15) is 5.10 Å². The van der Waals surface area contributed by atoms with E-state index in [0.29, 0.717) is 5.76 Å². The largest absolute Gasteiger partial charge is 0.467 e. The van der Waals surface area contributed by atoms with Crippen LogP contribution < -0.4 is 16.1 Å². The van der Waals surface area contributed by atoms with Crippen LogP contribution in [0.1, 0.15) is 12.7 Å². The third kappa shape index (κ3) is 6.67. The van der Waals surface area contributed by atoms with Gasteiger partial charge < -0.3 is 15.1 Å². The molecular formula is C12H16N4O3. The van der Waals surface area contributed by atoms with Crippen molar-refractivity contribution < 1.29 is 14.0 Å². The fraction of sp³-hybridized carbons (Fsp3) is 0.250. The van der Waals surface area contributed by atoms with Crippen molar-refractivity contribution in [2.45, 2.75) is 13.5 Å². The zero-order valence-electron chi connectivity index (χ0n) is 10.6. The van der Waals surface area contributed by atoms with Gasteiger partial charge in [0.05, 0.1) is 12.8 Å². The normalized spacial score (nSPS) is 10.8. The van der Waals surface area contributed by atoms with E-state index in [9.17, 15) is 9.59 Å². The first-order valence-corrected chi connectivity index (χ1v) is 5.69. The third-order valence-electron chi connectivity index (χ3n) is 1.96. The molecule has 0 saturated heterocycles. The number of rotatable bonds is 6. The smallest absolute Gasteiger partial charge is 0.315 e. The third-order valence-corrected chi connectivity index (χ3v) is 1.96. The highest BCUT2D eigenvalue weighted by atomic mass is 16.3. The Balaban J connectivity index is 2.13. The fourth-order valence-corrected chi connectivity index (χ4v) is 1.08. The Bertz CT molecular complexity index is 452. The summed E-state index contributed by atoms with van der Waals surface area (Å²) >= 11 is 0. The number of nitrogens with zero attached hydrogens (tertiary/aromatic N) is 1. The van der Waals surface area contributed by atoms with Crippen LogP contribution in [0.2, 0.25) is 0 Å². The van der Waals surface area contributed by atoms with Gasteiger partial charge in [-0.15, -0.1) is 0 Å². The number of nitrogens with one attached hydrogen (secondary N) is 3. The Morgan fingerprint density at radius 1 is 1.42 bits per heavy atom. The van der Waals surface area contributed by atoms with Gasteiger partial charge in [0, 0.05) is 6.21 Å². The minimum absolute atomic E-state index is 0.156. The van der Waals surface area contributed by atoms with Gasteiger partial charge in [0.15, 0.2) is 0 Å². The van der Waals surface area contributed by atoms with Gasteiger partial charge in [-0.1, -0.05) is 6.08 Å². The molecule has 0 aliphatic heterocycles. The van der Waals surface area contributed by atoms with Crippen molar-refractivity contribution in [2.75, 3.05) is 6.54 Å². The SMILES string of the molecule is C/C=C/C=N/NC(=O)CNC(=O)NCc1ccco1. The van der Waals surface area contributed by atoms with Gasteiger partial charge in [-0.05, 0) is 25.1 Å². The highest BCUT2D eigenvalue weighted by Gasteiger charge is 2.04. The van der Waals surface area contributed by atoms with Crippen LogP contribution in [0.3, 0.4) is 0 Å². The summed E-state index contributed by atoms with van der Waals surface area (Å²) in [5, 5.41) is 8.56. The average Bonchev–Trinajstić information content (AvgIpc) is 2.92. The zero-order valence-corrected chi connectivity index (χ0v) is 10.6. The van der Waals surface area contributed by atoms with Crippen molar-refractivity contribution in [3.05, 3.63) is 36.3 Å². The molecule has 0 aliphatic rings. The molecule has 1 heterocycles. The molecule has 0 atom stereocenters. The van der Waals surface area contributed by atoms with Crippen LogP contribution in [0.4, 0.5) is 4.79 Å². The van der Waals surface area contributed by atoms with Crippen molar-refractivity contribution >= 4 is 18.2 Å². The maximum atomic E-state index is 11.3. The van der Waals surface area contributed by atoms with E-state index in [-0.39, 0.29) is 13.1 Å². The molecular weight excluding hydrogens is 248 g/mol. The number of carbonyl (C=O) groups excluding carboxylic acids is 2. The predicted molar refractivity (Wildman–Crippen MR) is 70.4 cm³/mol. The Kier molecular flexibility index (Phi) is 6.49. The standard InChI is InChI=1S/C12H16N4O3/c1-2-3-6-15-16-11(17)9-14-12(18)13-8-10-5-4-7-19-10/h2-7H,8-9H2,1H3,(H,16,17)(H2,13,14,18)/b3-2+,15-6+. The number of carbonyl (C=O) groups is 2. The van der Waals surface area contributed by atoms with Crippen LogP contribution in [0.5, 0.6) is 0 Å². The molecule has 0 unspecified atom stereocenters. The first-order chi connectivity index (χ1) is 9.22. The van der Waals surface area contributed by atoms with Crippen molar-refractivity contribution in [1.29, 1.82) is 0 Å². The predicted octanol–water partition coefficient (Wildman–Crippen LogP) is 0.757. The van der Waals surface area contributed by atoms with Crippen molar-refractivity contribution in [3.8, 4) is 0 Å². The first-order valence-electron chi connectivity index (χ1n) is 5.69. The minimum Gasteiger partial charge on any atom is -0.467 e. The number of hydrogen-bond donors (Lipinski definition) is 3. The van der Waals surface area contributed by atoms with Crippen LogP contribution in [0, 0.1) is 0 Å². The molecule has 7 nitrogen and oxygen atoms in total. The summed E-state index contributed by atoms with van der Waals surface area (Å²) in [7, 11) is 0. The van der Waals surface area contributed by atoms with Crippen LogP contribution in [0.25, 0.3) is 0 Å². The van der Waals surface area contributed by atoms with Crippen LogP contribution in [-0.2, 0) is 11.3 Å². The number of hydrogen-bond acceptors (Lipinski definition) is 4. The summed E-state index contributed by atoms with van der Waals surface area (Å²) in [6.07, 6.45) is 6.40. The van der Waals surface area contributed by atoms with Gasteiger partial charge >= 0.3 is 6.03 Å². The van der Waals surface area contributed by atoms with Gasteiger partial charge in [-0.25, -0.2) is 10.2 Å². The van der Waals surface area contributed by atoms with E-state index in [1.807, 2.05) is 6.92 Å². The topological polar surface area (TPSA) is 95.7 Å². The van der Waals surface area contributed by atoms with Crippen LogP contribution in [0.15, 0.2) is 40.1 Å². The highest BCUT2D eigenvalue weighted by Crippen LogP contribution is 1.97. The van der Waals surface area contributed by atoms with Gasteiger partial charge in [-0.3, -0.25) is 4.79 Å². The molecule has 0 aliphatic carbocycles. The molecule has 1 aromatic heterocycles. The minimum atomic E-state index is -0.455. The number of allylic oxidation sites excluding steroid dienone is 2. The Hall–Kier alpha value is -2.57. The molecule has 7 heteroatoms. The van der Waals surface area contributed by atoms with Gasteiger partial charge in [0.25, 0.3) is 5.91 Å². The molecule has 0 fully saturated rings. The summed E-state index contributed by atoms with van der Waals surface area (Å²) < 4.78 is 5.04. The van der Waals surface area contributed by atoms with E-state index < -0.39 is 11.9 Å². The van der Waals surface area contributed by atoms with Crippen LogP contribution >= 0.6 is 0 Å². The summed E-state index contributed by atoms with van der Waals surface area (Å²) in [5.41, 5.74) is 2.26. The molecule has 1 rings (SSSR count). The maximum Gasteiger partial charge on any atom is 0.315 e. The van der Waals surface area contributed by atoms with Crippen molar-refractivity contribution in [2.24, 2.45) is 5.10 Å². The molecule has 0 spiro atoms. The number of hydrazone groups is 1. The maximum absolute atomic E-state index is 11.3. The van der Waals surface area contributed by atoms with E-state index in [2.05, 4.69) is 21.2 Å². The van der Waals surface area contributed by atoms with E-state index in [0.717, 1.165) is 0 Å². The van der Waals surface area contributed by atoms with E-state index in [1.54, 1.807) is 24.3 Å². The Morgan fingerprint density at radius 3 is 2.95 bits per heavy atom. The van der Waals surface area contributed by atoms with Gasteiger partial charge in [0.2, 0.25) is 0 Å². The molecule has 0 bridgehead atoms. The lowest BCUT2D eigenvalue weighted by molar-refractivity contribution is -0.120. The van der Waals surface area contributed by atoms with E-state index in [4.69, 9.17) is 4.42 Å². The van der Waals surface area contributed by atoms with Crippen molar-refractivity contribution in [3.63, 3.8) is 0 Å². The first kappa shape index (κ1) is 14.5. The summed E-state index contributed by atoms with van der Waals surface area (Å²) in [6.45, 7) is 1.94. The second kappa shape index (κ2) is 8.51. The quantitative estimate of drug-likeness (QED) is 0.522. The van der Waals surface area contributed by atoms with Crippen LogP contribution in [-0.4, -0.2) is 24.7 Å². The lowest BCUT2D eigenvalue weighted by atomic mass is 10.4. The lowest BCUT2D eigenvalue weighted by Gasteiger charge is -2.05. The summed E-state index contributed by atoms with van der Waals surface area (Å²) in [4.78, 5) is 22.6. The second-order valence-electron chi connectivity index (χ2n) is 3.45. The molecule has 0 saturated carbocycles. The monoisotopic (exact) mass is 264 g/mol. The molecule has 0 aromatic carbocycles. The zero-order chi connectivity index (χ0) is 13.9. The second-order valence-corrected chi connectivity index (χ2v) is 3.45. The highest BCUT2D eigenvalue weighted by molar-refractivity contribution is 5.84. The molecule has 19 heavy (non-hydrogen) atoms. The summed E-state index contributed by atoms with van der Waals surface area (Å²) in [6, 6.07) is 3.01. The van der Waals surface area contributed by atoms with Gasteiger partial charge in [0.1, 0.15) is 12.3 Å². The number of furan rings is 1.